The number of nitrogens with zero attached hydrogens (tertiary/aromatic N) is 3. The number of hydrogen-bond donors (Lipinski definition) is 1. The van der Waals surface area contributed by atoms with Gasteiger partial charge in [-0.3, -0.25) is 0 Å². The van der Waals surface area contributed by atoms with Crippen molar-refractivity contribution in [1.82, 2.24) is 9.97 Å². The van der Waals surface area contributed by atoms with E-state index in [1.807, 2.05) is 0 Å². The number of hydrogen-bond acceptors (Lipinski definition) is 5. The second kappa shape index (κ2) is 7.59. The van der Waals surface area contributed by atoms with E-state index in [0.717, 1.165) is 68.6 Å². The Labute approximate surface area is 128 Å². The van der Waals surface area contributed by atoms with Gasteiger partial charge in [0.2, 0.25) is 0 Å². The van der Waals surface area contributed by atoms with Crippen LogP contribution in [0.4, 0.5) is 11.6 Å². The summed E-state index contributed by atoms with van der Waals surface area (Å²) in [6, 6.07) is 0.413. The van der Waals surface area contributed by atoms with Crippen LogP contribution < -0.4 is 10.2 Å². The van der Waals surface area contributed by atoms with Gasteiger partial charge in [-0.25, -0.2) is 9.97 Å². The molecule has 5 heteroatoms. The molecule has 0 radical (unpaired) electrons. The normalized spacial score (nSPS) is 18.9. The summed E-state index contributed by atoms with van der Waals surface area (Å²) >= 11 is 0. The molecule has 0 aliphatic carbocycles. The van der Waals surface area contributed by atoms with Gasteiger partial charge in [0.05, 0.1) is 19.3 Å². The van der Waals surface area contributed by atoms with Crippen LogP contribution in [-0.4, -0.2) is 42.3 Å². The number of nitrogens with one attached hydrogen (secondary N) is 1. The van der Waals surface area contributed by atoms with Gasteiger partial charge >= 0.3 is 0 Å². The lowest BCUT2D eigenvalue weighted by atomic mass is 10.1. The lowest BCUT2D eigenvalue weighted by Gasteiger charge is -2.37. The Morgan fingerprint density at radius 1 is 1.29 bits per heavy atom. The van der Waals surface area contributed by atoms with Crippen LogP contribution >= 0.6 is 0 Å². The van der Waals surface area contributed by atoms with E-state index in [1.54, 1.807) is 0 Å². The Morgan fingerprint density at radius 3 is 2.76 bits per heavy atom. The van der Waals surface area contributed by atoms with Crippen molar-refractivity contribution in [2.75, 3.05) is 36.5 Å². The van der Waals surface area contributed by atoms with Crippen molar-refractivity contribution in [3.8, 4) is 0 Å². The molecule has 2 rings (SSSR count). The molecule has 1 aliphatic rings. The zero-order chi connectivity index (χ0) is 15.2. The summed E-state index contributed by atoms with van der Waals surface area (Å²) in [5.41, 5.74) is 1.15. The standard InChI is InChI=1S/C16H28N4O/c1-5-8-17-15-12(4)16(19-14(7-3)18-15)20-9-10-21-11-13(20)6-2/h13H,5-11H2,1-4H3,(H,17,18,19). The number of rotatable bonds is 6. The number of aryl methyl sites for hydroxylation is 1. The Balaban J connectivity index is 2.36. The lowest BCUT2D eigenvalue weighted by Crippen LogP contribution is -2.46. The first-order valence-electron chi connectivity index (χ1n) is 8.16. The van der Waals surface area contributed by atoms with Gasteiger partial charge in [-0.05, 0) is 19.8 Å². The number of anilines is 2. The Hall–Kier alpha value is -1.36. The molecular formula is C16H28N4O. The second-order valence-electron chi connectivity index (χ2n) is 5.55. The summed E-state index contributed by atoms with van der Waals surface area (Å²) in [4.78, 5) is 11.9. The number of aromatic nitrogens is 2. The van der Waals surface area contributed by atoms with Gasteiger partial charge in [-0.2, -0.15) is 0 Å². The molecule has 0 bridgehead atoms. The van der Waals surface area contributed by atoms with Crippen molar-refractivity contribution < 1.29 is 4.74 Å². The summed E-state index contributed by atoms with van der Waals surface area (Å²) in [7, 11) is 0. The van der Waals surface area contributed by atoms with Gasteiger partial charge < -0.3 is 15.0 Å². The molecule has 1 aliphatic heterocycles. The molecule has 118 valence electrons. The topological polar surface area (TPSA) is 50.3 Å². The predicted molar refractivity (Wildman–Crippen MR) is 87.2 cm³/mol. The third-order valence-corrected chi connectivity index (χ3v) is 4.00. The van der Waals surface area contributed by atoms with E-state index in [4.69, 9.17) is 9.72 Å². The van der Waals surface area contributed by atoms with E-state index in [1.165, 1.54) is 0 Å². The largest absolute Gasteiger partial charge is 0.377 e. The molecular weight excluding hydrogens is 264 g/mol. The van der Waals surface area contributed by atoms with Crippen LogP contribution in [0, 0.1) is 6.92 Å². The van der Waals surface area contributed by atoms with Crippen LogP contribution in [0.15, 0.2) is 0 Å². The van der Waals surface area contributed by atoms with Crippen LogP contribution in [0.1, 0.15) is 45.0 Å². The van der Waals surface area contributed by atoms with Gasteiger partial charge in [-0.1, -0.05) is 20.8 Å². The van der Waals surface area contributed by atoms with Crippen molar-refractivity contribution in [3.05, 3.63) is 11.4 Å². The highest BCUT2D eigenvalue weighted by Gasteiger charge is 2.25. The molecule has 1 fully saturated rings. The Kier molecular flexibility index (Phi) is 5.79. The zero-order valence-electron chi connectivity index (χ0n) is 13.8. The highest BCUT2D eigenvalue weighted by atomic mass is 16.5. The fraction of sp³-hybridized carbons (Fsp3) is 0.750. The molecule has 0 aromatic carbocycles. The maximum Gasteiger partial charge on any atom is 0.137 e. The van der Waals surface area contributed by atoms with Crippen molar-refractivity contribution in [3.63, 3.8) is 0 Å². The third-order valence-electron chi connectivity index (χ3n) is 4.00. The summed E-state index contributed by atoms with van der Waals surface area (Å²) < 4.78 is 5.62. The first-order valence-corrected chi connectivity index (χ1v) is 8.16. The highest BCUT2D eigenvalue weighted by Crippen LogP contribution is 2.27. The minimum absolute atomic E-state index is 0.413. The summed E-state index contributed by atoms with van der Waals surface area (Å²) in [6.07, 6.45) is 3.02. The lowest BCUT2D eigenvalue weighted by molar-refractivity contribution is 0.0925. The Morgan fingerprint density at radius 2 is 2.10 bits per heavy atom. The summed E-state index contributed by atoms with van der Waals surface area (Å²) in [5, 5.41) is 3.44. The molecule has 1 N–H and O–H groups in total. The fourth-order valence-electron chi connectivity index (χ4n) is 2.68. The molecule has 0 saturated carbocycles. The van der Waals surface area contributed by atoms with Crippen LogP contribution in [-0.2, 0) is 11.2 Å². The smallest absolute Gasteiger partial charge is 0.137 e. The van der Waals surface area contributed by atoms with Gasteiger partial charge in [0.25, 0.3) is 0 Å². The molecule has 1 saturated heterocycles. The van der Waals surface area contributed by atoms with Crippen LogP contribution in [0.5, 0.6) is 0 Å². The number of ether oxygens (including phenoxy) is 1. The second-order valence-corrected chi connectivity index (χ2v) is 5.55. The summed E-state index contributed by atoms with van der Waals surface area (Å²) in [6.45, 7) is 12.0. The molecule has 2 heterocycles. The Bertz CT molecular complexity index is 464. The molecule has 0 spiro atoms. The van der Waals surface area contributed by atoms with Gasteiger partial charge in [0.15, 0.2) is 0 Å². The predicted octanol–water partition coefficient (Wildman–Crippen LogP) is 2.78. The average molecular weight is 292 g/mol. The van der Waals surface area contributed by atoms with Crippen LogP contribution in [0.3, 0.4) is 0 Å². The molecule has 1 aromatic rings. The third kappa shape index (κ3) is 3.64. The van der Waals surface area contributed by atoms with Crippen molar-refractivity contribution >= 4 is 11.6 Å². The molecule has 5 nitrogen and oxygen atoms in total. The molecule has 0 amide bonds. The first-order chi connectivity index (χ1) is 10.2. The quantitative estimate of drug-likeness (QED) is 0.873. The summed E-state index contributed by atoms with van der Waals surface area (Å²) in [5.74, 6) is 2.98. The van der Waals surface area contributed by atoms with Crippen molar-refractivity contribution in [2.24, 2.45) is 0 Å². The highest BCUT2D eigenvalue weighted by molar-refractivity contribution is 5.59. The fourth-order valence-corrected chi connectivity index (χ4v) is 2.68. The maximum atomic E-state index is 5.62. The van der Waals surface area contributed by atoms with E-state index in [0.29, 0.717) is 6.04 Å². The molecule has 21 heavy (non-hydrogen) atoms. The monoisotopic (exact) mass is 292 g/mol. The van der Waals surface area contributed by atoms with Crippen molar-refractivity contribution in [1.29, 1.82) is 0 Å². The minimum Gasteiger partial charge on any atom is -0.377 e. The molecule has 1 unspecified atom stereocenters. The SMILES string of the molecule is CCCNc1nc(CC)nc(N2CCOCC2CC)c1C. The van der Waals surface area contributed by atoms with Crippen LogP contribution in [0.25, 0.3) is 0 Å². The van der Waals surface area contributed by atoms with Gasteiger partial charge in [0.1, 0.15) is 17.5 Å². The van der Waals surface area contributed by atoms with Gasteiger partial charge in [-0.15, -0.1) is 0 Å². The van der Waals surface area contributed by atoms with E-state index >= 15 is 0 Å². The van der Waals surface area contributed by atoms with E-state index < -0.39 is 0 Å². The van der Waals surface area contributed by atoms with Gasteiger partial charge in [0, 0.05) is 25.1 Å². The first kappa shape index (κ1) is 16.0. The van der Waals surface area contributed by atoms with Crippen molar-refractivity contribution in [2.45, 2.75) is 53.0 Å². The van der Waals surface area contributed by atoms with E-state index in [2.05, 4.69) is 42.9 Å². The average Bonchev–Trinajstić information content (AvgIpc) is 2.54. The van der Waals surface area contributed by atoms with E-state index in [-0.39, 0.29) is 0 Å². The van der Waals surface area contributed by atoms with E-state index in [9.17, 15) is 0 Å². The number of morpholine rings is 1. The maximum absolute atomic E-state index is 5.62. The minimum atomic E-state index is 0.413. The zero-order valence-corrected chi connectivity index (χ0v) is 13.8. The van der Waals surface area contributed by atoms with Crippen LogP contribution in [0.2, 0.25) is 0 Å². The molecule has 1 aromatic heterocycles. The molecule has 1 atom stereocenters.